The lowest BCUT2D eigenvalue weighted by atomic mass is 9.94. The second-order valence-electron chi connectivity index (χ2n) is 6.78. The van der Waals surface area contributed by atoms with Gasteiger partial charge in [0.25, 0.3) is 0 Å². The van der Waals surface area contributed by atoms with E-state index in [0.717, 1.165) is 25.0 Å². The van der Waals surface area contributed by atoms with E-state index >= 15 is 0 Å². The zero-order valence-electron chi connectivity index (χ0n) is 16.4. The number of ether oxygens (including phenoxy) is 1. The molecule has 0 spiro atoms. The highest BCUT2D eigenvalue weighted by molar-refractivity contribution is 5.45. The normalized spacial score (nSPS) is 14.9. The average Bonchev–Trinajstić information content (AvgIpc) is 3.17. The summed E-state index contributed by atoms with van der Waals surface area (Å²) in [6.45, 7) is 4.00. The molecule has 0 amide bonds. The molecule has 0 aromatic heterocycles. The van der Waals surface area contributed by atoms with Crippen molar-refractivity contribution >= 4 is 0 Å². The Morgan fingerprint density at radius 2 is 1.59 bits per heavy atom. The lowest BCUT2D eigenvalue weighted by Gasteiger charge is -2.11. The average molecular weight is 360 g/mol. The van der Waals surface area contributed by atoms with Gasteiger partial charge in [-0.1, -0.05) is 56.3 Å². The molecule has 0 bridgehead atoms. The number of rotatable bonds is 4. The Labute approximate surface area is 162 Å². The molecule has 27 heavy (non-hydrogen) atoms. The molecular formula is C25H28O2. The molecule has 0 saturated carbocycles. The van der Waals surface area contributed by atoms with Gasteiger partial charge in [0.05, 0.1) is 7.11 Å². The van der Waals surface area contributed by atoms with Crippen molar-refractivity contribution in [1.82, 2.24) is 0 Å². The van der Waals surface area contributed by atoms with Crippen molar-refractivity contribution in [2.24, 2.45) is 0 Å². The fourth-order valence-corrected chi connectivity index (χ4v) is 3.84. The fraction of sp³-hybridized carbons (Fsp3) is 0.280. The van der Waals surface area contributed by atoms with Crippen LogP contribution in [0.1, 0.15) is 47.6 Å². The van der Waals surface area contributed by atoms with E-state index in [9.17, 15) is 5.11 Å². The van der Waals surface area contributed by atoms with Crippen molar-refractivity contribution < 1.29 is 9.84 Å². The van der Waals surface area contributed by atoms with E-state index < -0.39 is 0 Å². The number of hydrogen-bond acceptors (Lipinski definition) is 2. The monoisotopic (exact) mass is 360 g/mol. The van der Waals surface area contributed by atoms with Gasteiger partial charge in [-0.05, 0) is 77.3 Å². The molecule has 2 nitrogen and oxygen atoms in total. The number of phenolic OH excluding ortho intramolecular Hbond substituents is 1. The molecular weight excluding hydrogens is 332 g/mol. The summed E-state index contributed by atoms with van der Waals surface area (Å²) in [5, 5.41) is 9.47. The number of methoxy groups -OCH3 is 1. The van der Waals surface area contributed by atoms with E-state index in [1.165, 1.54) is 27.8 Å². The summed E-state index contributed by atoms with van der Waals surface area (Å²) in [5.74, 6) is 1.77. The third-order valence-electron chi connectivity index (χ3n) is 5.21. The number of aromatic hydroxyl groups is 1. The standard InChI is InChI=1S/C23H22O2.C2H6/c1-25-22-11-7-17(8-12-22)20-14-19-4-2-3-18(23(19)15-20)13-16-5-9-21(24)10-6-16;1-2/h2-12,20,24H,13-15H2,1H3;1-2H3. The largest absolute Gasteiger partial charge is 0.508 e. The predicted octanol–water partition coefficient (Wildman–Crippen LogP) is 5.90. The van der Waals surface area contributed by atoms with Crippen LogP contribution in [0.5, 0.6) is 11.5 Å². The van der Waals surface area contributed by atoms with Gasteiger partial charge < -0.3 is 9.84 Å². The van der Waals surface area contributed by atoms with Gasteiger partial charge in [0.1, 0.15) is 11.5 Å². The Morgan fingerprint density at radius 1 is 0.889 bits per heavy atom. The van der Waals surface area contributed by atoms with Gasteiger partial charge >= 0.3 is 0 Å². The molecule has 0 heterocycles. The van der Waals surface area contributed by atoms with Crippen LogP contribution >= 0.6 is 0 Å². The first-order chi connectivity index (χ1) is 13.2. The molecule has 3 aromatic rings. The van der Waals surface area contributed by atoms with Crippen LogP contribution < -0.4 is 4.74 Å². The minimum Gasteiger partial charge on any atom is -0.508 e. The van der Waals surface area contributed by atoms with Crippen LogP contribution in [-0.2, 0) is 19.3 Å². The molecule has 0 radical (unpaired) electrons. The van der Waals surface area contributed by atoms with E-state index in [1.807, 2.05) is 26.0 Å². The number of phenols is 1. The zero-order valence-corrected chi connectivity index (χ0v) is 16.4. The third-order valence-corrected chi connectivity index (χ3v) is 5.21. The summed E-state index contributed by atoms with van der Waals surface area (Å²) in [4.78, 5) is 0. The minimum atomic E-state index is 0.321. The zero-order chi connectivity index (χ0) is 19.2. The SMILES string of the molecule is CC.COc1ccc(C2Cc3cccc(Cc4ccc(O)cc4)c3C2)cc1. The maximum atomic E-state index is 9.47. The maximum absolute atomic E-state index is 9.47. The fourth-order valence-electron chi connectivity index (χ4n) is 3.84. The van der Waals surface area contributed by atoms with Crippen molar-refractivity contribution in [1.29, 1.82) is 0 Å². The van der Waals surface area contributed by atoms with Crippen LogP contribution in [0.3, 0.4) is 0 Å². The molecule has 1 atom stereocenters. The van der Waals surface area contributed by atoms with E-state index in [0.29, 0.717) is 11.7 Å². The summed E-state index contributed by atoms with van der Waals surface area (Å²) in [5.41, 5.74) is 6.99. The van der Waals surface area contributed by atoms with Crippen molar-refractivity contribution in [3.05, 3.63) is 94.5 Å². The Kier molecular flexibility index (Phi) is 6.18. The molecule has 1 aliphatic rings. The lowest BCUT2D eigenvalue weighted by molar-refractivity contribution is 0.414. The highest BCUT2D eigenvalue weighted by Crippen LogP contribution is 2.37. The van der Waals surface area contributed by atoms with Crippen LogP contribution in [0.2, 0.25) is 0 Å². The maximum Gasteiger partial charge on any atom is 0.118 e. The highest BCUT2D eigenvalue weighted by atomic mass is 16.5. The molecule has 0 fully saturated rings. The molecule has 2 heteroatoms. The number of fused-ring (bicyclic) bond motifs is 1. The third kappa shape index (κ3) is 4.33. The summed E-state index contributed by atoms with van der Waals surface area (Å²) in [7, 11) is 1.70. The van der Waals surface area contributed by atoms with E-state index in [-0.39, 0.29) is 0 Å². The molecule has 0 aliphatic heterocycles. The predicted molar refractivity (Wildman–Crippen MR) is 112 cm³/mol. The first-order valence-corrected chi connectivity index (χ1v) is 9.74. The van der Waals surface area contributed by atoms with E-state index in [4.69, 9.17) is 4.74 Å². The van der Waals surface area contributed by atoms with E-state index in [2.05, 4.69) is 42.5 Å². The molecule has 1 unspecified atom stereocenters. The molecule has 0 saturated heterocycles. The van der Waals surface area contributed by atoms with Crippen LogP contribution in [0, 0.1) is 0 Å². The Balaban J connectivity index is 0.00000102. The van der Waals surface area contributed by atoms with Gasteiger partial charge in [0, 0.05) is 0 Å². The minimum absolute atomic E-state index is 0.321. The van der Waals surface area contributed by atoms with Gasteiger partial charge in [0.2, 0.25) is 0 Å². The molecule has 1 aliphatic carbocycles. The van der Waals surface area contributed by atoms with Gasteiger partial charge in [-0.15, -0.1) is 0 Å². The van der Waals surface area contributed by atoms with Crippen molar-refractivity contribution in [2.75, 3.05) is 7.11 Å². The first-order valence-electron chi connectivity index (χ1n) is 9.74. The van der Waals surface area contributed by atoms with Crippen LogP contribution in [0.25, 0.3) is 0 Å². The smallest absolute Gasteiger partial charge is 0.118 e. The van der Waals surface area contributed by atoms with Crippen molar-refractivity contribution in [2.45, 2.75) is 39.0 Å². The summed E-state index contributed by atoms with van der Waals surface area (Å²) >= 11 is 0. The Bertz CT molecular complexity index is 864. The van der Waals surface area contributed by atoms with Gasteiger partial charge in [-0.25, -0.2) is 0 Å². The van der Waals surface area contributed by atoms with Gasteiger partial charge in [-0.2, -0.15) is 0 Å². The molecule has 1 N–H and O–H groups in total. The first kappa shape index (κ1) is 19.0. The Hall–Kier alpha value is -2.74. The highest BCUT2D eigenvalue weighted by Gasteiger charge is 2.24. The molecule has 3 aromatic carbocycles. The van der Waals surface area contributed by atoms with Crippen LogP contribution in [0.15, 0.2) is 66.7 Å². The second kappa shape index (κ2) is 8.77. The topological polar surface area (TPSA) is 29.5 Å². The van der Waals surface area contributed by atoms with Crippen LogP contribution in [0.4, 0.5) is 0 Å². The summed E-state index contributed by atoms with van der Waals surface area (Å²) in [6, 6.07) is 22.7. The summed E-state index contributed by atoms with van der Waals surface area (Å²) < 4.78 is 5.27. The number of hydrogen-bond donors (Lipinski definition) is 1. The van der Waals surface area contributed by atoms with Crippen molar-refractivity contribution in [3.63, 3.8) is 0 Å². The molecule has 140 valence electrons. The Morgan fingerprint density at radius 3 is 2.26 bits per heavy atom. The molecule has 4 rings (SSSR count). The van der Waals surface area contributed by atoms with Gasteiger partial charge in [-0.3, -0.25) is 0 Å². The second-order valence-corrected chi connectivity index (χ2v) is 6.78. The van der Waals surface area contributed by atoms with Crippen molar-refractivity contribution in [3.8, 4) is 11.5 Å². The van der Waals surface area contributed by atoms with Crippen LogP contribution in [-0.4, -0.2) is 12.2 Å². The number of benzene rings is 3. The van der Waals surface area contributed by atoms with Gasteiger partial charge in [0.15, 0.2) is 0 Å². The summed E-state index contributed by atoms with van der Waals surface area (Å²) in [6.07, 6.45) is 3.11. The van der Waals surface area contributed by atoms with E-state index in [1.54, 1.807) is 19.2 Å². The lowest BCUT2D eigenvalue weighted by Crippen LogP contribution is -1.99. The quantitative estimate of drug-likeness (QED) is 0.627.